The van der Waals surface area contributed by atoms with Crippen molar-refractivity contribution in [3.63, 3.8) is 0 Å². The normalized spacial score (nSPS) is 25.6. The van der Waals surface area contributed by atoms with Gasteiger partial charge in [-0.15, -0.1) is 0 Å². The quantitative estimate of drug-likeness (QED) is 0.0107. The number of epoxide rings is 1. The number of phosphoric acid groups is 2. The molecule has 362 valence electrons. The molecule has 2 aliphatic rings. The Kier molecular flexibility index (Phi) is 29.4. The molecule has 0 bridgehead atoms. The molecule has 1 aliphatic carbocycles. The van der Waals surface area contributed by atoms with Gasteiger partial charge in [-0.1, -0.05) is 115 Å². The standard InChI is InChI=1S/C43H78O17P2/c1-3-5-7-9-11-12-13-14-15-16-17-21-25-29-36(44)55-31-33(32-56-62(53,54)60-43-40(48)38(46)39(47)42(41(43)49)59-61(50,51)52)57-37(45)30-26-22-18-20-24-28-35-34(58-35)27-23-19-10-8-6-4-2/h12-13,19,23,33-35,38-43,46-49H,3-11,14-18,20-22,24-32H2,1-2H3,(H,53,54)(H2,50,51,52)/b13-12-,23-19-/t33-,34?,35?,38?,39?,40?,41?,42-,43+/m1/s1. The van der Waals surface area contributed by atoms with Crippen molar-refractivity contribution in [1.29, 1.82) is 0 Å². The third-order valence-corrected chi connectivity index (χ3v) is 12.4. The largest absolute Gasteiger partial charge is 0.472 e. The molecule has 1 heterocycles. The molecule has 7 N–H and O–H groups in total. The summed E-state index contributed by atoms with van der Waals surface area (Å²) in [5, 5.41) is 41.2. The average molecular weight is 929 g/mol. The van der Waals surface area contributed by atoms with E-state index in [2.05, 4.69) is 42.7 Å². The number of hydrogen-bond acceptors (Lipinski definition) is 14. The average Bonchev–Trinajstić information content (AvgIpc) is 3.98. The van der Waals surface area contributed by atoms with E-state index in [0.29, 0.717) is 25.0 Å². The van der Waals surface area contributed by atoms with Gasteiger partial charge in [-0.05, 0) is 64.2 Å². The Bertz CT molecular complexity index is 1380. The van der Waals surface area contributed by atoms with Gasteiger partial charge in [0.2, 0.25) is 0 Å². The summed E-state index contributed by atoms with van der Waals surface area (Å²) in [4.78, 5) is 54.2. The number of unbranched alkanes of at least 4 members (excludes halogenated alkanes) is 16. The van der Waals surface area contributed by atoms with Gasteiger partial charge >= 0.3 is 27.6 Å². The van der Waals surface area contributed by atoms with Crippen LogP contribution >= 0.6 is 15.6 Å². The van der Waals surface area contributed by atoms with E-state index in [1.807, 2.05) is 0 Å². The van der Waals surface area contributed by atoms with Gasteiger partial charge in [0.25, 0.3) is 0 Å². The molecule has 0 radical (unpaired) electrons. The lowest BCUT2D eigenvalue weighted by atomic mass is 9.85. The lowest BCUT2D eigenvalue weighted by Gasteiger charge is -2.43. The van der Waals surface area contributed by atoms with Gasteiger partial charge in [0, 0.05) is 12.8 Å². The molecular weight excluding hydrogens is 850 g/mol. The highest BCUT2D eigenvalue weighted by atomic mass is 31.2. The van der Waals surface area contributed by atoms with E-state index in [-0.39, 0.29) is 12.8 Å². The molecule has 2 rings (SSSR count). The van der Waals surface area contributed by atoms with Crippen molar-refractivity contribution in [3.05, 3.63) is 24.3 Å². The van der Waals surface area contributed by atoms with Crippen LogP contribution in [-0.2, 0) is 46.5 Å². The van der Waals surface area contributed by atoms with Gasteiger partial charge in [0.05, 0.1) is 18.8 Å². The topological polar surface area (TPSA) is 269 Å². The van der Waals surface area contributed by atoms with Crippen LogP contribution < -0.4 is 0 Å². The Morgan fingerprint density at radius 2 is 1.08 bits per heavy atom. The molecule has 10 atom stereocenters. The van der Waals surface area contributed by atoms with E-state index in [1.165, 1.54) is 44.9 Å². The van der Waals surface area contributed by atoms with Crippen molar-refractivity contribution in [3.8, 4) is 0 Å². The van der Waals surface area contributed by atoms with E-state index < -0.39 is 83.5 Å². The number of phosphoric ester groups is 2. The van der Waals surface area contributed by atoms with Crippen molar-refractivity contribution >= 4 is 27.6 Å². The van der Waals surface area contributed by atoms with Crippen molar-refractivity contribution in [1.82, 2.24) is 0 Å². The van der Waals surface area contributed by atoms with Crippen LogP contribution in [0.15, 0.2) is 24.3 Å². The Hall–Kier alpha value is -1.56. The minimum atomic E-state index is -5.37. The Balaban J connectivity index is 1.82. The molecule has 17 nitrogen and oxygen atoms in total. The number of rotatable bonds is 37. The van der Waals surface area contributed by atoms with Gasteiger partial charge in [-0.3, -0.25) is 23.2 Å². The zero-order valence-corrected chi connectivity index (χ0v) is 38.8. The van der Waals surface area contributed by atoms with Gasteiger partial charge in [0.15, 0.2) is 6.10 Å². The van der Waals surface area contributed by atoms with E-state index in [0.717, 1.165) is 83.5 Å². The molecule has 2 fully saturated rings. The van der Waals surface area contributed by atoms with Gasteiger partial charge in [0.1, 0.15) is 43.2 Å². The van der Waals surface area contributed by atoms with Crippen LogP contribution in [0.1, 0.15) is 168 Å². The van der Waals surface area contributed by atoms with Crippen LogP contribution in [0.25, 0.3) is 0 Å². The van der Waals surface area contributed by atoms with E-state index in [9.17, 15) is 44.0 Å². The third-order valence-electron chi connectivity index (χ3n) is 10.9. The highest BCUT2D eigenvalue weighted by molar-refractivity contribution is 7.47. The van der Waals surface area contributed by atoms with Crippen LogP contribution in [0, 0.1) is 0 Å². The number of carbonyl (C=O) groups is 2. The SMILES string of the molecule is CCCCC/C=C\CC1OC1CCCCCCCC(=O)O[C@H](COC(=O)CCCCCCC/C=C\CCCCCC)COP(=O)(O)O[C@H]1C(O)C(O)C(O)[C@@H](OP(=O)(O)O)C1O. The zero-order chi connectivity index (χ0) is 45.8. The minimum absolute atomic E-state index is 0.0204. The molecule has 1 saturated heterocycles. The summed E-state index contributed by atoms with van der Waals surface area (Å²) in [5.41, 5.74) is 0. The number of aliphatic hydroxyl groups is 4. The molecule has 62 heavy (non-hydrogen) atoms. The van der Waals surface area contributed by atoms with Gasteiger partial charge < -0.3 is 49.3 Å². The van der Waals surface area contributed by atoms with Crippen LogP contribution in [0.5, 0.6) is 0 Å². The first kappa shape index (κ1) is 56.6. The maximum Gasteiger partial charge on any atom is 0.472 e. The summed E-state index contributed by atoms with van der Waals surface area (Å²) in [7, 11) is -10.7. The molecule has 0 amide bonds. The summed E-state index contributed by atoms with van der Waals surface area (Å²) in [5.74, 6) is -1.24. The maximum absolute atomic E-state index is 13.0. The van der Waals surface area contributed by atoms with Crippen LogP contribution in [0.3, 0.4) is 0 Å². The molecule has 0 spiro atoms. The van der Waals surface area contributed by atoms with Crippen LogP contribution in [0.2, 0.25) is 0 Å². The first-order chi connectivity index (χ1) is 29.6. The number of carbonyl (C=O) groups excluding carboxylic acids is 2. The van der Waals surface area contributed by atoms with E-state index in [1.54, 1.807) is 0 Å². The predicted octanol–water partition coefficient (Wildman–Crippen LogP) is 7.16. The smallest absolute Gasteiger partial charge is 0.462 e. The second-order valence-electron chi connectivity index (χ2n) is 16.5. The number of ether oxygens (including phenoxy) is 3. The molecule has 0 aromatic carbocycles. The molecule has 1 saturated carbocycles. The Labute approximate surface area is 368 Å². The number of aliphatic hydroxyl groups excluding tert-OH is 4. The minimum Gasteiger partial charge on any atom is -0.462 e. The van der Waals surface area contributed by atoms with Crippen molar-refractivity contribution in [2.75, 3.05) is 13.2 Å². The molecular formula is C43H78O17P2. The molecule has 0 aromatic heterocycles. The highest BCUT2D eigenvalue weighted by Gasteiger charge is 2.54. The Morgan fingerprint density at radius 3 is 1.69 bits per heavy atom. The summed E-state index contributed by atoms with van der Waals surface area (Å²) in [6, 6.07) is 0. The zero-order valence-electron chi connectivity index (χ0n) is 37.0. The summed E-state index contributed by atoms with van der Waals surface area (Å²) < 4.78 is 55.1. The number of allylic oxidation sites excluding steroid dienone is 3. The van der Waals surface area contributed by atoms with E-state index >= 15 is 0 Å². The fourth-order valence-electron chi connectivity index (χ4n) is 7.20. The van der Waals surface area contributed by atoms with Crippen molar-refractivity contribution in [2.45, 2.75) is 223 Å². The Morgan fingerprint density at radius 1 is 0.581 bits per heavy atom. The fraction of sp³-hybridized carbons (Fsp3) is 0.860. The molecule has 0 aromatic rings. The monoisotopic (exact) mass is 928 g/mol. The van der Waals surface area contributed by atoms with E-state index in [4.69, 9.17) is 33.0 Å². The second kappa shape index (κ2) is 32.2. The summed E-state index contributed by atoms with van der Waals surface area (Å²) >= 11 is 0. The summed E-state index contributed by atoms with van der Waals surface area (Å²) in [6.45, 7) is 3.03. The first-order valence-corrected chi connectivity index (χ1v) is 26.0. The maximum atomic E-state index is 13.0. The van der Waals surface area contributed by atoms with Gasteiger partial charge in [-0.2, -0.15) is 0 Å². The molecule has 1 aliphatic heterocycles. The summed E-state index contributed by atoms with van der Waals surface area (Å²) in [6.07, 6.45) is 17.3. The fourth-order valence-corrected chi connectivity index (χ4v) is 8.74. The number of hydrogen-bond donors (Lipinski definition) is 7. The number of esters is 2. The van der Waals surface area contributed by atoms with Crippen LogP contribution in [-0.4, -0.2) is 115 Å². The third kappa shape index (κ3) is 25.8. The van der Waals surface area contributed by atoms with Crippen LogP contribution in [0.4, 0.5) is 0 Å². The first-order valence-electron chi connectivity index (χ1n) is 23.0. The van der Waals surface area contributed by atoms with Gasteiger partial charge in [-0.25, -0.2) is 9.13 Å². The van der Waals surface area contributed by atoms with Crippen molar-refractivity contribution in [2.24, 2.45) is 0 Å². The lowest BCUT2D eigenvalue weighted by molar-refractivity contribution is -0.216. The lowest BCUT2D eigenvalue weighted by Crippen LogP contribution is -2.64. The van der Waals surface area contributed by atoms with Crippen molar-refractivity contribution < 1.29 is 81.6 Å². The second-order valence-corrected chi connectivity index (χ2v) is 19.1. The highest BCUT2D eigenvalue weighted by Crippen LogP contribution is 2.49. The molecule has 7 unspecified atom stereocenters. The molecule has 19 heteroatoms. The predicted molar refractivity (Wildman–Crippen MR) is 232 cm³/mol.